The maximum absolute atomic E-state index is 11.4. The number of nitrogens with one attached hydrogen (secondary N) is 1. The molecule has 0 aliphatic carbocycles. The first-order valence-electron chi connectivity index (χ1n) is 5.58. The Bertz CT molecular complexity index is 336. The van der Waals surface area contributed by atoms with Crippen molar-refractivity contribution >= 4 is 11.8 Å². The van der Waals surface area contributed by atoms with Gasteiger partial charge in [-0.2, -0.15) is 0 Å². The zero-order valence-corrected chi connectivity index (χ0v) is 9.66. The van der Waals surface area contributed by atoms with Crippen LogP contribution >= 0.6 is 0 Å². The second kappa shape index (κ2) is 6.88. The summed E-state index contributed by atoms with van der Waals surface area (Å²) >= 11 is 0. The quantitative estimate of drug-likeness (QED) is 0.770. The minimum absolute atomic E-state index is 0.410. The van der Waals surface area contributed by atoms with Gasteiger partial charge in [-0.15, -0.1) is 0 Å². The highest BCUT2D eigenvalue weighted by Crippen LogP contribution is 2.13. The van der Waals surface area contributed by atoms with Crippen LogP contribution in [0.3, 0.4) is 0 Å². The first kappa shape index (κ1) is 12.6. The van der Waals surface area contributed by atoms with Crippen LogP contribution in [0.15, 0.2) is 24.3 Å². The van der Waals surface area contributed by atoms with E-state index in [-0.39, 0.29) is 0 Å². The lowest BCUT2D eigenvalue weighted by Crippen LogP contribution is -2.15. The van der Waals surface area contributed by atoms with Gasteiger partial charge in [-0.3, -0.25) is 5.32 Å². The SMILES string of the molecule is [CH2]c1ccccc1NC(=O)OCCCCC. The monoisotopic (exact) mass is 220 g/mol. The van der Waals surface area contributed by atoms with Gasteiger partial charge in [-0.25, -0.2) is 4.79 Å². The van der Waals surface area contributed by atoms with Crippen LogP contribution < -0.4 is 5.32 Å². The molecule has 0 saturated carbocycles. The Hall–Kier alpha value is -1.51. The number of carbonyl (C=O) groups excluding carboxylic acids is 1. The fourth-order valence-corrected chi connectivity index (χ4v) is 1.31. The van der Waals surface area contributed by atoms with Crippen LogP contribution in [0, 0.1) is 6.92 Å². The number of hydrogen-bond acceptors (Lipinski definition) is 2. The molecular formula is C13H18NO2. The predicted octanol–water partition coefficient (Wildman–Crippen LogP) is 3.61. The molecule has 87 valence electrons. The molecule has 3 nitrogen and oxygen atoms in total. The summed E-state index contributed by atoms with van der Waals surface area (Å²) in [6, 6.07) is 7.36. The fourth-order valence-electron chi connectivity index (χ4n) is 1.31. The van der Waals surface area contributed by atoms with Gasteiger partial charge in [0.15, 0.2) is 0 Å². The smallest absolute Gasteiger partial charge is 0.411 e. The highest BCUT2D eigenvalue weighted by Gasteiger charge is 2.04. The van der Waals surface area contributed by atoms with E-state index in [0.717, 1.165) is 24.8 Å². The average Bonchev–Trinajstić information content (AvgIpc) is 2.28. The minimum Gasteiger partial charge on any atom is -0.449 e. The molecule has 1 radical (unpaired) electrons. The van der Waals surface area contributed by atoms with Gasteiger partial charge in [0, 0.05) is 5.69 Å². The molecule has 0 saturated heterocycles. The standard InChI is InChI=1S/C13H18NO2/c1-3-4-7-10-16-13(15)14-12-9-6-5-8-11(12)2/h5-6,8-9H,2-4,7,10H2,1H3,(H,14,15). The third-order valence-corrected chi connectivity index (χ3v) is 2.24. The van der Waals surface area contributed by atoms with Crippen molar-refractivity contribution in [1.29, 1.82) is 0 Å². The molecule has 0 spiro atoms. The van der Waals surface area contributed by atoms with E-state index in [9.17, 15) is 4.79 Å². The maximum Gasteiger partial charge on any atom is 0.411 e. The van der Waals surface area contributed by atoms with Crippen LogP contribution in [0.5, 0.6) is 0 Å². The summed E-state index contributed by atoms with van der Waals surface area (Å²) in [7, 11) is 0. The summed E-state index contributed by atoms with van der Waals surface area (Å²) < 4.78 is 5.03. The lowest BCUT2D eigenvalue weighted by molar-refractivity contribution is 0.159. The maximum atomic E-state index is 11.4. The molecular weight excluding hydrogens is 202 g/mol. The van der Waals surface area contributed by atoms with E-state index in [0.29, 0.717) is 12.3 Å². The van der Waals surface area contributed by atoms with E-state index in [4.69, 9.17) is 4.74 Å². The summed E-state index contributed by atoms with van der Waals surface area (Å²) in [5.74, 6) is 0. The Labute approximate surface area is 96.8 Å². The van der Waals surface area contributed by atoms with Crippen LogP contribution in [-0.2, 0) is 4.74 Å². The van der Waals surface area contributed by atoms with Crippen molar-refractivity contribution in [3.63, 3.8) is 0 Å². The van der Waals surface area contributed by atoms with E-state index in [1.54, 1.807) is 6.07 Å². The van der Waals surface area contributed by atoms with Gasteiger partial charge in [0.05, 0.1) is 6.61 Å². The number of ether oxygens (including phenoxy) is 1. The molecule has 0 aromatic heterocycles. The molecule has 0 atom stereocenters. The molecule has 1 amide bonds. The molecule has 1 aromatic rings. The highest BCUT2D eigenvalue weighted by molar-refractivity contribution is 5.85. The van der Waals surface area contributed by atoms with Crippen LogP contribution in [0.25, 0.3) is 0 Å². The van der Waals surface area contributed by atoms with Crippen LogP contribution in [0.1, 0.15) is 31.7 Å². The summed E-state index contributed by atoms with van der Waals surface area (Å²) in [4.78, 5) is 11.4. The number of rotatable bonds is 5. The molecule has 0 heterocycles. The number of hydrogen-bond donors (Lipinski definition) is 1. The number of amides is 1. The molecule has 1 aromatic carbocycles. The number of anilines is 1. The van der Waals surface area contributed by atoms with Crippen molar-refractivity contribution in [3.8, 4) is 0 Å². The van der Waals surface area contributed by atoms with Crippen LogP contribution in [0.2, 0.25) is 0 Å². The van der Waals surface area contributed by atoms with E-state index >= 15 is 0 Å². The molecule has 0 aliphatic rings. The van der Waals surface area contributed by atoms with E-state index in [1.807, 2.05) is 18.2 Å². The second-order valence-electron chi connectivity index (χ2n) is 3.63. The zero-order valence-electron chi connectivity index (χ0n) is 9.66. The largest absolute Gasteiger partial charge is 0.449 e. The van der Waals surface area contributed by atoms with E-state index in [2.05, 4.69) is 19.2 Å². The number of benzene rings is 1. The molecule has 1 rings (SSSR count). The van der Waals surface area contributed by atoms with Gasteiger partial charge in [-0.1, -0.05) is 38.0 Å². The third kappa shape index (κ3) is 4.34. The van der Waals surface area contributed by atoms with Gasteiger partial charge in [0.1, 0.15) is 0 Å². The second-order valence-corrected chi connectivity index (χ2v) is 3.63. The average molecular weight is 220 g/mol. The van der Waals surface area contributed by atoms with Crippen molar-refractivity contribution in [2.45, 2.75) is 26.2 Å². The van der Waals surface area contributed by atoms with Gasteiger partial charge in [0.25, 0.3) is 0 Å². The van der Waals surface area contributed by atoms with Gasteiger partial charge < -0.3 is 4.74 Å². The molecule has 3 heteroatoms. The first-order valence-corrected chi connectivity index (χ1v) is 5.58. The van der Waals surface area contributed by atoms with Gasteiger partial charge >= 0.3 is 6.09 Å². The Kier molecular flexibility index (Phi) is 5.40. The molecule has 1 N–H and O–H groups in total. The number of para-hydroxylation sites is 1. The Morgan fingerprint density at radius 1 is 1.38 bits per heavy atom. The molecule has 0 bridgehead atoms. The first-order chi connectivity index (χ1) is 7.74. The normalized spacial score (nSPS) is 9.88. The predicted molar refractivity (Wildman–Crippen MR) is 65.4 cm³/mol. The lowest BCUT2D eigenvalue weighted by Gasteiger charge is -2.08. The summed E-state index contributed by atoms with van der Waals surface area (Å²) in [5.41, 5.74) is 1.48. The van der Waals surface area contributed by atoms with Crippen molar-refractivity contribution < 1.29 is 9.53 Å². The topological polar surface area (TPSA) is 38.3 Å². The minimum atomic E-state index is -0.410. The van der Waals surface area contributed by atoms with Crippen LogP contribution in [-0.4, -0.2) is 12.7 Å². The summed E-state index contributed by atoms with van der Waals surface area (Å²) in [6.07, 6.45) is 2.70. The van der Waals surface area contributed by atoms with Crippen molar-refractivity contribution in [2.24, 2.45) is 0 Å². The third-order valence-electron chi connectivity index (χ3n) is 2.24. The van der Waals surface area contributed by atoms with Crippen LogP contribution in [0.4, 0.5) is 10.5 Å². The zero-order chi connectivity index (χ0) is 11.8. The summed E-state index contributed by atoms with van der Waals surface area (Å²) in [5, 5.41) is 2.66. The number of unbranched alkanes of at least 4 members (excludes halogenated alkanes) is 2. The van der Waals surface area contributed by atoms with Crippen molar-refractivity contribution in [1.82, 2.24) is 0 Å². The number of carbonyl (C=O) groups is 1. The Balaban J connectivity index is 2.32. The van der Waals surface area contributed by atoms with Crippen molar-refractivity contribution in [2.75, 3.05) is 11.9 Å². The lowest BCUT2D eigenvalue weighted by atomic mass is 10.2. The van der Waals surface area contributed by atoms with E-state index < -0.39 is 6.09 Å². The van der Waals surface area contributed by atoms with Gasteiger partial charge in [-0.05, 0) is 25.0 Å². The van der Waals surface area contributed by atoms with Gasteiger partial charge in [0.2, 0.25) is 0 Å². The Morgan fingerprint density at radius 2 is 2.12 bits per heavy atom. The molecule has 0 aliphatic heterocycles. The highest BCUT2D eigenvalue weighted by atomic mass is 16.5. The van der Waals surface area contributed by atoms with E-state index in [1.165, 1.54) is 0 Å². The van der Waals surface area contributed by atoms with Crippen molar-refractivity contribution in [3.05, 3.63) is 36.8 Å². The molecule has 0 fully saturated rings. The summed E-state index contributed by atoms with van der Waals surface area (Å²) in [6.45, 7) is 6.39. The fraction of sp³-hybridized carbons (Fsp3) is 0.385. The molecule has 0 unspecified atom stereocenters. The molecule has 16 heavy (non-hydrogen) atoms. The Morgan fingerprint density at radius 3 is 2.81 bits per heavy atom.